The van der Waals surface area contributed by atoms with Crippen LogP contribution in [0.25, 0.3) is 0 Å². The molecule has 1 rings (SSSR count). The lowest BCUT2D eigenvalue weighted by molar-refractivity contribution is -0.119. The Hall–Kier alpha value is -1.16. The Morgan fingerprint density at radius 1 is 1.50 bits per heavy atom. The summed E-state index contributed by atoms with van der Waals surface area (Å²) < 4.78 is 1.84. The topological polar surface area (TPSA) is 60.9 Å². The molecule has 0 aliphatic rings. The highest BCUT2D eigenvalue weighted by molar-refractivity contribution is 5.80. The molecule has 1 heterocycles. The average Bonchev–Trinajstić information content (AvgIpc) is 2.75. The molecule has 4 heteroatoms. The summed E-state index contributed by atoms with van der Waals surface area (Å²) in [5.74, 6) is 1.18. The van der Waals surface area contributed by atoms with Gasteiger partial charge in [0, 0.05) is 25.6 Å². The zero-order valence-corrected chi connectivity index (χ0v) is 11.7. The van der Waals surface area contributed by atoms with Crippen molar-refractivity contribution in [1.29, 1.82) is 0 Å². The Balaban J connectivity index is 2.44. The zero-order chi connectivity index (χ0) is 13.5. The van der Waals surface area contributed by atoms with E-state index >= 15 is 0 Å². The summed E-state index contributed by atoms with van der Waals surface area (Å²) in [5.41, 5.74) is 6.72. The van der Waals surface area contributed by atoms with Crippen LogP contribution in [0.3, 0.4) is 0 Å². The first-order chi connectivity index (χ1) is 8.55. The second kappa shape index (κ2) is 7.31. The van der Waals surface area contributed by atoms with Gasteiger partial charge in [-0.05, 0) is 37.3 Å². The number of rotatable bonds is 8. The van der Waals surface area contributed by atoms with Gasteiger partial charge in [0.05, 0.1) is 6.20 Å². The molecule has 0 radical (unpaired) electrons. The van der Waals surface area contributed by atoms with Gasteiger partial charge >= 0.3 is 0 Å². The van der Waals surface area contributed by atoms with Crippen molar-refractivity contribution in [2.45, 2.75) is 46.6 Å². The van der Waals surface area contributed by atoms with Crippen molar-refractivity contribution in [3.63, 3.8) is 0 Å². The summed E-state index contributed by atoms with van der Waals surface area (Å²) in [6, 6.07) is 0. The number of nitrogens with two attached hydrogens (primary N) is 1. The second-order valence-corrected chi connectivity index (χ2v) is 5.36. The summed E-state index contributed by atoms with van der Waals surface area (Å²) in [4.78, 5) is 12.0. The monoisotopic (exact) mass is 251 g/mol. The Bertz CT molecular complexity index is 371. The average molecular weight is 251 g/mol. The number of hydrogen-bond donors (Lipinski definition) is 1. The van der Waals surface area contributed by atoms with Crippen molar-refractivity contribution in [1.82, 2.24) is 9.78 Å². The molecule has 0 amide bonds. The van der Waals surface area contributed by atoms with Crippen LogP contribution in [0.5, 0.6) is 0 Å². The van der Waals surface area contributed by atoms with Crippen molar-refractivity contribution in [3.8, 4) is 0 Å². The van der Waals surface area contributed by atoms with E-state index in [-0.39, 0.29) is 5.78 Å². The van der Waals surface area contributed by atoms with E-state index in [1.807, 2.05) is 17.8 Å². The lowest BCUT2D eigenvalue weighted by Gasteiger charge is -2.15. The van der Waals surface area contributed by atoms with Gasteiger partial charge in [0.2, 0.25) is 0 Å². The number of ketones is 1. The largest absolute Gasteiger partial charge is 0.330 e. The van der Waals surface area contributed by atoms with Gasteiger partial charge in [0.15, 0.2) is 0 Å². The van der Waals surface area contributed by atoms with Crippen LogP contribution in [-0.2, 0) is 17.8 Å². The van der Waals surface area contributed by atoms with Gasteiger partial charge in [-0.2, -0.15) is 5.10 Å². The van der Waals surface area contributed by atoms with Crippen LogP contribution >= 0.6 is 0 Å². The molecular formula is C14H25N3O. The summed E-state index contributed by atoms with van der Waals surface area (Å²) in [5, 5.41) is 4.18. The third kappa shape index (κ3) is 5.00. The van der Waals surface area contributed by atoms with Gasteiger partial charge in [-0.15, -0.1) is 0 Å². The summed E-state index contributed by atoms with van der Waals surface area (Å²) in [7, 11) is 0. The minimum absolute atomic E-state index is 0.266. The lowest BCUT2D eigenvalue weighted by Crippen LogP contribution is -2.20. The van der Waals surface area contributed by atoms with E-state index in [0.717, 1.165) is 18.5 Å². The number of Topliss-reactive ketones (excluding diaryl/α,β-unsaturated/α-hetero) is 1. The Morgan fingerprint density at radius 2 is 2.22 bits per heavy atom. The van der Waals surface area contributed by atoms with Crippen molar-refractivity contribution in [2.24, 2.45) is 17.6 Å². The number of carbonyl (C=O) groups excluding carboxylic acids is 1. The lowest BCUT2D eigenvalue weighted by atomic mass is 9.91. The fraction of sp³-hybridized carbons (Fsp3) is 0.714. The van der Waals surface area contributed by atoms with Crippen LogP contribution in [0.4, 0.5) is 0 Å². The van der Waals surface area contributed by atoms with Crippen LogP contribution in [0.2, 0.25) is 0 Å². The molecule has 1 aromatic rings. The van der Waals surface area contributed by atoms with Gasteiger partial charge < -0.3 is 5.73 Å². The Labute approximate surface area is 110 Å². The SMILES string of the molecule is CCn1cc(CC(=O)CC(CN)CC(C)C)cn1. The van der Waals surface area contributed by atoms with Crippen molar-refractivity contribution >= 4 is 5.78 Å². The Kier molecular flexibility index (Phi) is 6.05. The van der Waals surface area contributed by atoms with E-state index in [9.17, 15) is 4.79 Å². The molecule has 1 unspecified atom stereocenters. The van der Waals surface area contributed by atoms with E-state index in [0.29, 0.717) is 31.2 Å². The van der Waals surface area contributed by atoms with Crippen LogP contribution < -0.4 is 5.73 Å². The minimum Gasteiger partial charge on any atom is -0.330 e. The molecule has 0 aliphatic carbocycles. The summed E-state index contributed by atoms with van der Waals surface area (Å²) in [6.45, 7) is 7.80. The fourth-order valence-corrected chi connectivity index (χ4v) is 2.22. The first kappa shape index (κ1) is 14.9. The predicted molar refractivity (Wildman–Crippen MR) is 73.2 cm³/mol. The molecule has 0 saturated heterocycles. The molecule has 0 aromatic carbocycles. The van der Waals surface area contributed by atoms with Gasteiger partial charge in [-0.3, -0.25) is 9.48 Å². The van der Waals surface area contributed by atoms with E-state index in [4.69, 9.17) is 5.73 Å². The molecule has 0 spiro atoms. The van der Waals surface area contributed by atoms with Gasteiger partial charge in [0.25, 0.3) is 0 Å². The van der Waals surface area contributed by atoms with E-state index in [1.54, 1.807) is 6.20 Å². The van der Waals surface area contributed by atoms with E-state index < -0.39 is 0 Å². The quantitative estimate of drug-likeness (QED) is 0.769. The molecule has 18 heavy (non-hydrogen) atoms. The molecule has 1 atom stereocenters. The first-order valence-electron chi connectivity index (χ1n) is 6.78. The molecule has 102 valence electrons. The highest BCUT2D eigenvalue weighted by Crippen LogP contribution is 2.15. The molecule has 0 fully saturated rings. The van der Waals surface area contributed by atoms with Crippen LogP contribution in [0.1, 0.15) is 39.2 Å². The van der Waals surface area contributed by atoms with Crippen LogP contribution in [0.15, 0.2) is 12.4 Å². The number of aryl methyl sites for hydroxylation is 1. The highest BCUT2D eigenvalue weighted by Gasteiger charge is 2.14. The molecule has 2 N–H and O–H groups in total. The molecule has 4 nitrogen and oxygen atoms in total. The van der Waals surface area contributed by atoms with Gasteiger partial charge in [0.1, 0.15) is 5.78 Å². The maximum atomic E-state index is 12.0. The fourth-order valence-electron chi connectivity index (χ4n) is 2.22. The van der Waals surface area contributed by atoms with Crippen molar-refractivity contribution in [3.05, 3.63) is 18.0 Å². The third-order valence-corrected chi connectivity index (χ3v) is 3.07. The maximum absolute atomic E-state index is 12.0. The zero-order valence-electron chi connectivity index (χ0n) is 11.7. The number of nitrogens with zero attached hydrogens (tertiary/aromatic N) is 2. The van der Waals surface area contributed by atoms with Crippen molar-refractivity contribution < 1.29 is 4.79 Å². The number of carbonyl (C=O) groups is 1. The van der Waals surface area contributed by atoms with Crippen LogP contribution in [0, 0.1) is 11.8 Å². The van der Waals surface area contributed by atoms with Crippen molar-refractivity contribution in [2.75, 3.05) is 6.54 Å². The van der Waals surface area contributed by atoms with Gasteiger partial charge in [-0.25, -0.2) is 0 Å². The highest BCUT2D eigenvalue weighted by atomic mass is 16.1. The first-order valence-corrected chi connectivity index (χ1v) is 6.78. The standard InChI is InChI=1S/C14H25N3O/c1-4-17-10-13(9-16-17)7-14(18)6-12(8-15)5-11(2)3/h9-12H,4-8,15H2,1-3H3. The molecule has 0 aliphatic heterocycles. The maximum Gasteiger partial charge on any atom is 0.137 e. The summed E-state index contributed by atoms with van der Waals surface area (Å²) in [6.07, 6.45) is 5.82. The number of aromatic nitrogens is 2. The Morgan fingerprint density at radius 3 is 2.72 bits per heavy atom. The van der Waals surface area contributed by atoms with E-state index in [1.165, 1.54) is 0 Å². The molecule has 0 saturated carbocycles. The smallest absolute Gasteiger partial charge is 0.137 e. The minimum atomic E-state index is 0.266. The van der Waals surface area contributed by atoms with Crippen LogP contribution in [-0.4, -0.2) is 22.1 Å². The molecule has 0 bridgehead atoms. The van der Waals surface area contributed by atoms with E-state index in [2.05, 4.69) is 18.9 Å². The van der Waals surface area contributed by atoms with Gasteiger partial charge in [-0.1, -0.05) is 13.8 Å². The molecule has 1 aromatic heterocycles. The normalized spacial score (nSPS) is 12.9. The predicted octanol–water partition coefficient (Wildman–Crippen LogP) is 2.03. The molecular weight excluding hydrogens is 226 g/mol. The third-order valence-electron chi connectivity index (χ3n) is 3.07. The summed E-state index contributed by atoms with van der Waals surface area (Å²) >= 11 is 0. The number of hydrogen-bond acceptors (Lipinski definition) is 3. The second-order valence-electron chi connectivity index (χ2n) is 5.36.